The SMILES string of the molecule is [2H]c1nc([2H])n(C([2H])([2H])C([2H])([2H])[2H])c1B1OC(C)(C)C(C)(C)O1. The van der Waals surface area contributed by atoms with E-state index in [1.807, 2.05) is 0 Å². The first-order valence-electron chi connectivity index (χ1n) is 8.54. The molecule has 4 nitrogen and oxygen atoms in total. The monoisotopic (exact) mass is 229 g/mol. The second-order valence-electron chi connectivity index (χ2n) is 4.74. The van der Waals surface area contributed by atoms with Gasteiger partial charge in [-0.25, -0.2) is 4.98 Å². The molecule has 5 heteroatoms. The van der Waals surface area contributed by atoms with Crippen LogP contribution in [-0.2, 0) is 15.8 Å². The van der Waals surface area contributed by atoms with Crippen LogP contribution in [0.1, 0.15) is 44.1 Å². The van der Waals surface area contributed by atoms with Crippen LogP contribution in [0.4, 0.5) is 0 Å². The Morgan fingerprint density at radius 2 is 2.12 bits per heavy atom. The first-order chi connectivity index (χ1) is 10.1. The van der Waals surface area contributed by atoms with Crippen molar-refractivity contribution < 1.29 is 18.9 Å². The summed E-state index contributed by atoms with van der Waals surface area (Å²) in [5.74, 6) is 0. The molecule has 0 N–H and O–H groups in total. The van der Waals surface area contributed by atoms with E-state index >= 15 is 0 Å². The highest BCUT2D eigenvalue weighted by molar-refractivity contribution is 6.61. The van der Waals surface area contributed by atoms with Crippen molar-refractivity contribution in [3.8, 4) is 0 Å². The standard InChI is InChI=1S/C11H19BN2O2/c1-6-14-8-13-7-9(14)12-15-10(2,3)11(4,5)16-12/h7-8H,6H2,1-5H3/i1D3,6D2,7D,8D. The predicted octanol–water partition coefficient (Wildman–Crippen LogP) is 1.20. The molecular formula is C11H19BN2O2. The van der Waals surface area contributed by atoms with Gasteiger partial charge in [0.25, 0.3) is 0 Å². The van der Waals surface area contributed by atoms with Gasteiger partial charge in [0, 0.05) is 19.5 Å². The van der Waals surface area contributed by atoms with Gasteiger partial charge < -0.3 is 13.9 Å². The number of imidazole rings is 1. The van der Waals surface area contributed by atoms with Crippen LogP contribution in [0, 0.1) is 0 Å². The molecule has 0 saturated carbocycles. The summed E-state index contributed by atoms with van der Waals surface area (Å²) in [5.41, 5.74) is -1.72. The van der Waals surface area contributed by atoms with E-state index < -0.39 is 44.1 Å². The first kappa shape index (κ1) is 5.69. The van der Waals surface area contributed by atoms with Crippen molar-refractivity contribution >= 4 is 12.7 Å². The minimum absolute atomic E-state index is 0.213. The molecule has 0 aliphatic carbocycles. The lowest BCUT2D eigenvalue weighted by Crippen LogP contribution is -2.41. The average molecular weight is 229 g/mol. The maximum absolute atomic E-state index is 7.89. The third-order valence-electron chi connectivity index (χ3n) is 3.15. The predicted molar refractivity (Wildman–Crippen MR) is 63.6 cm³/mol. The Balaban J connectivity index is 2.59. The Morgan fingerprint density at radius 1 is 1.50 bits per heavy atom. The Bertz CT molecular complexity index is 611. The second kappa shape index (κ2) is 3.60. The van der Waals surface area contributed by atoms with Crippen molar-refractivity contribution in [1.82, 2.24) is 9.55 Å². The summed E-state index contributed by atoms with van der Waals surface area (Å²) in [7, 11) is -1.18. The highest BCUT2D eigenvalue weighted by Gasteiger charge is 2.52. The van der Waals surface area contributed by atoms with E-state index in [9.17, 15) is 0 Å². The average Bonchev–Trinajstić information content (AvgIpc) is 2.71. The van der Waals surface area contributed by atoms with E-state index in [4.69, 9.17) is 18.9 Å². The summed E-state index contributed by atoms with van der Waals surface area (Å²) < 4.78 is 65.6. The fraction of sp³-hybridized carbons (Fsp3) is 0.727. The smallest absolute Gasteiger partial charge is 0.398 e. The number of hydrogen-bond donors (Lipinski definition) is 0. The van der Waals surface area contributed by atoms with Crippen LogP contribution in [0.25, 0.3) is 0 Å². The van der Waals surface area contributed by atoms with Gasteiger partial charge in [-0.2, -0.15) is 0 Å². The van der Waals surface area contributed by atoms with Gasteiger partial charge in [-0.1, -0.05) is 0 Å². The van der Waals surface area contributed by atoms with Crippen LogP contribution in [0.3, 0.4) is 0 Å². The normalized spacial score (nSPS) is 30.8. The number of nitrogens with zero attached hydrogens (tertiary/aromatic N) is 2. The third-order valence-corrected chi connectivity index (χ3v) is 3.15. The third kappa shape index (κ3) is 1.68. The highest BCUT2D eigenvalue weighted by atomic mass is 16.7. The zero-order valence-corrected chi connectivity index (χ0v) is 9.79. The first-order valence-corrected chi connectivity index (χ1v) is 5.04. The van der Waals surface area contributed by atoms with Gasteiger partial charge in [0.05, 0.1) is 24.5 Å². The van der Waals surface area contributed by atoms with Gasteiger partial charge in [-0.15, -0.1) is 0 Å². The van der Waals surface area contributed by atoms with E-state index in [0.29, 0.717) is 4.57 Å². The zero-order chi connectivity index (χ0) is 18.0. The molecule has 1 aromatic heterocycles. The number of hydrogen-bond acceptors (Lipinski definition) is 3. The van der Waals surface area contributed by atoms with Crippen molar-refractivity contribution in [3.05, 3.63) is 12.5 Å². The molecule has 0 atom stereocenters. The molecular weight excluding hydrogens is 203 g/mol. The Morgan fingerprint density at radius 3 is 2.69 bits per heavy atom. The Kier molecular flexibility index (Phi) is 1.28. The lowest BCUT2D eigenvalue weighted by molar-refractivity contribution is 0.00578. The Hall–Kier alpha value is -0.805. The summed E-state index contributed by atoms with van der Waals surface area (Å²) in [5, 5.41) is 0. The molecule has 16 heavy (non-hydrogen) atoms. The maximum atomic E-state index is 7.89. The molecule has 0 unspecified atom stereocenters. The van der Waals surface area contributed by atoms with Crippen molar-refractivity contribution in [2.45, 2.75) is 52.2 Å². The van der Waals surface area contributed by atoms with Crippen LogP contribution >= 0.6 is 0 Å². The summed E-state index contributed by atoms with van der Waals surface area (Å²) in [6.07, 6.45) is -1.11. The van der Waals surface area contributed by atoms with Crippen LogP contribution in [0.5, 0.6) is 0 Å². The zero-order valence-electron chi connectivity index (χ0n) is 16.8. The maximum Gasteiger partial charge on any atom is 0.514 e. The minimum Gasteiger partial charge on any atom is -0.398 e. The molecule has 0 amide bonds. The van der Waals surface area contributed by atoms with Crippen LogP contribution in [0.2, 0.25) is 0 Å². The number of aromatic nitrogens is 2. The molecule has 1 aromatic rings. The molecule has 0 spiro atoms. The quantitative estimate of drug-likeness (QED) is 0.715. The van der Waals surface area contributed by atoms with Crippen LogP contribution in [0.15, 0.2) is 12.5 Å². The summed E-state index contributed by atoms with van der Waals surface area (Å²) in [6.45, 7) is 1.13. The molecule has 1 fully saturated rings. The summed E-state index contributed by atoms with van der Waals surface area (Å²) >= 11 is 0. The van der Waals surface area contributed by atoms with Crippen molar-refractivity contribution in [2.75, 3.05) is 0 Å². The van der Waals surface area contributed by atoms with Crippen LogP contribution in [-0.4, -0.2) is 27.9 Å². The van der Waals surface area contributed by atoms with E-state index in [2.05, 4.69) is 4.98 Å². The minimum atomic E-state index is -3.05. The fourth-order valence-corrected chi connectivity index (χ4v) is 1.43. The van der Waals surface area contributed by atoms with Gasteiger partial charge in [-0.05, 0) is 34.5 Å². The molecule has 0 bridgehead atoms. The van der Waals surface area contributed by atoms with E-state index in [1.54, 1.807) is 27.7 Å². The molecule has 2 heterocycles. The van der Waals surface area contributed by atoms with Crippen molar-refractivity contribution in [2.24, 2.45) is 0 Å². The highest BCUT2D eigenvalue weighted by Crippen LogP contribution is 2.36. The summed E-state index contributed by atoms with van der Waals surface area (Å²) in [4.78, 5) is 3.58. The van der Waals surface area contributed by atoms with Gasteiger partial charge in [0.1, 0.15) is 1.37 Å². The topological polar surface area (TPSA) is 36.3 Å². The molecule has 1 saturated heterocycles. The van der Waals surface area contributed by atoms with Gasteiger partial charge >= 0.3 is 7.12 Å². The molecule has 1 aliphatic heterocycles. The van der Waals surface area contributed by atoms with E-state index in [-0.39, 0.29) is 5.59 Å². The van der Waals surface area contributed by atoms with Gasteiger partial charge in [-0.3, -0.25) is 0 Å². The largest absolute Gasteiger partial charge is 0.514 e. The molecule has 0 aromatic carbocycles. The molecule has 2 rings (SSSR count). The molecule has 0 radical (unpaired) electrons. The van der Waals surface area contributed by atoms with E-state index in [1.165, 1.54) is 0 Å². The lowest BCUT2D eigenvalue weighted by atomic mass is 9.85. The van der Waals surface area contributed by atoms with Gasteiger partial charge in [0.15, 0.2) is 0 Å². The van der Waals surface area contributed by atoms with E-state index in [0.717, 1.165) is 0 Å². The second-order valence-corrected chi connectivity index (χ2v) is 4.74. The number of rotatable bonds is 2. The van der Waals surface area contributed by atoms with Crippen LogP contribution < -0.4 is 5.59 Å². The fourth-order valence-electron chi connectivity index (χ4n) is 1.43. The Labute approximate surface area is 107 Å². The molecule has 88 valence electrons. The summed E-state index contributed by atoms with van der Waals surface area (Å²) in [6, 6.07) is 0. The van der Waals surface area contributed by atoms with Gasteiger partial charge in [0.2, 0.25) is 0 Å². The van der Waals surface area contributed by atoms with Crippen molar-refractivity contribution in [3.63, 3.8) is 0 Å². The lowest BCUT2D eigenvalue weighted by Gasteiger charge is -2.32. The van der Waals surface area contributed by atoms with Crippen molar-refractivity contribution in [1.29, 1.82) is 0 Å². The molecule has 1 aliphatic rings.